The van der Waals surface area contributed by atoms with Gasteiger partial charge in [0.2, 0.25) is 0 Å². The molecule has 1 saturated heterocycles. The molecule has 0 radical (unpaired) electrons. The molecular formula is C16H33N3O. The van der Waals surface area contributed by atoms with Crippen molar-refractivity contribution in [3.05, 3.63) is 0 Å². The van der Waals surface area contributed by atoms with Crippen LogP contribution in [0.2, 0.25) is 0 Å². The Morgan fingerprint density at radius 3 is 2.40 bits per heavy atom. The molecule has 1 aliphatic heterocycles. The smallest absolute Gasteiger partial charge is 0.144 e. The second-order valence-electron chi connectivity index (χ2n) is 7.33. The van der Waals surface area contributed by atoms with Crippen LogP contribution in [0.3, 0.4) is 0 Å². The van der Waals surface area contributed by atoms with Crippen LogP contribution >= 0.6 is 0 Å². The fourth-order valence-electron chi connectivity index (χ4n) is 2.84. The van der Waals surface area contributed by atoms with Crippen LogP contribution in [0.25, 0.3) is 0 Å². The van der Waals surface area contributed by atoms with Crippen LogP contribution in [0.4, 0.5) is 0 Å². The Morgan fingerprint density at radius 2 is 1.90 bits per heavy atom. The zero-order valence-corrected chi connectivity index (χ0v) is 13.8. The lowest BCUT2D eigenvalue weighted by Crippen LogP contribution is -2.39. The Bertz CT molecular complexity index is 318. The van der Waals surface area contributed by atoms with E-state index in [-0.39, 0.29) is 5.41 Å². The molecule has 0 atom stereocenters. The molecule has 0 aromatic rings. The molecule has 0 aliphatic carbocycles. The summed E-state index contributed by atoms with van der Waals surface area (Å²) in [6.07, 6.45) is 7.27. The number of unbranched alkanes of at least 4 members (excludes halogenated alkanes) is 1. The van der Waals surface area contributed by atoms with Crippen molar-refractivity contribution in [2.24, 2.45) is 21.7 Å². The highest BCUT2D eigenvalue weighted by Gasteiger charge is 2.28. The minimum atomic E-state index is -0.197. The van der Waals surface area contributed by atoms with Crippen LogP contribution in [0.15, 0.2) is 5.16 Å². The summed E-state index contributed by atoms with van der Waals surface area (Å²) < 4.78 is 0. The predicted molar refractivity (Wildman–Crippen MR) is 85.1 cm³/mol. The third-order valence-electron chi connectivity index (χ3n) is 5.24. The summed E-state index contributed by atoms with van der Waals surface area (Å²) in [5.41, 5.74) is 6.09. The minimum absolute atomic E-state index is 0.197. The van der Waals surface area contributed by atoms with Crippen LogP contribution in [-0.2, 0) is 0 Å². The van der Waals surface area contributed by atoms with E-state index in [1.165, 1.54) is 45.3 Å². The van der Waals surface area contributed by atoms with Gasteiger partial charge >= 0.3 is 0 Å². The van der Waals surface area contributed by atoms with Gasteiger partial charge in [0.05, 0.1) is 0 Å². The summed E-state index contributed by atoms with van der Waals surface area (Å²) in [7, 11) is 0. The summed E-state index contributed by atoms with van der Waals surface area (Å²) in [5.74, 6) is 0.342. The topological polar surface area (TPSA) is 61.8 Å². The lowest BCUT2D eigenvalue weighted by Gasteiger charge is -2.39. The van der Waals surface area contributed by atoms with Gasteiger partial charge in [0, 0.05) is 5.41 Å². The van der Waals surface area contributed by atoms with E-state index in [4.69, 9.17) is 10.9 Å². The van der Waals surface area contributed by atoms with Gasteiger partial charge in [-0.25, -0.2) is 0 Å². The molecule has 118 valence electrons. The van der Waals surface area contributed by atoms with Crippen LogP contribution in [0.1, 0.15) is 66.2 Å². The zero-order valence-electron chi connectivity index (χ0n) is 13.8. The average molecular weight is 283 g/mol. The maximum atomic E-state index is 8.76. The normalized spacial score (nSPS) is 21.1. The molecule has 4 nitrogen and oxygen atoms in total. The third-order valence-corrected chi connectivity index (χ3v) is 5.24. The molecule has 3 N–H and O–H groups in total. The molecule has 0 bridgehead atoms. The van der Waals surface area contributed by atoms with E-state index in [1.54, 1.807) is 0 Å². The second kappa shape index (κ2) is 7.30. The second-order valence-corrected chi connectivity index (χ2v) is 7.33. The van der Waals surface area contributed by atoms with Crippen molar-refractivity contribution in [2.75, 3.05) is 19.6 Å². The molecule has 0 amide bonds. The molecule has 1 heterocycles. The molecule has 0 aromatic heterocycles. The van der Waals surface area contributed by atoms with E-state index in [1.807, 2.05) is 13.8 Å². The lowest BCUT2D eigenvalue weighted by atomic mass is 9.78. The fraction of sp³-hybridized carbons (Fsp3) is 0.938. The number of piperidine rings is 1. The predicted octanol–water partition coefficient (Wildman–Crippen LogP) is 3.44. The molecule has 1 fully saturated rings. The van der Waals surface area contributed by atoms with Crippen LogP contribution < -0.4 is 5.73 Å². The maximum absolute atomic E-state index is 8.76. The maximum Gasteiger partial charge on any atom is 0.144 e. The van der Waals surface area contributed by atoms with Gasteiger partial charge in [-0.15, -0.1) is 0 Å². The third kappa shape index (κ3) is 4.97. The number of oxime groups is 1. The van der Waals surface area contributed by atoms with Crippen LogP contribution in [-0.4, -0.2) is 35.6 Å². The van der Waals surface area contributed by atoms with E-state index in [0.717, 1.165) is 12.8 Å². The van der Waals surface area contributed by atoms with Crippen molar-refractivity contribution in [2.45, 2.75) is 66.2 Å². The first kappa shape index (κ1) is 17.3. The van der Waals surface area contributed by atoms with Gasteiger partial charge in [0.25, 0.3) is 0 Å². The average Bonchev–Trinajstić information content (AvgIpc) is 2.44. The Balaban J connectivity index is 2.20. The Morgan fingerprint density at radius 1 is 1.30 bits per heavy atom. The molecule has 20 heavy (non-hydrogen) atoms. The van der Waals surface area contributed by atoms with Gasteiger partial charge in [-0.2, -0.15) is 0 Å². The summed E-state index contributed by atoms with van der Waals surface area (Å²) in [6.45, 7) is 12.5. The number of rotatable bonds is 7. The molecule has 1 aliphatic rings. The molecular weight excluding hydrogens is 250 g/mol. The molecule has 0 saturated carbocycles. The van der Waals surface area contributed by atoms with Gasteiger partial charge in [-0.1, -0.05) is 45.7 Å². The van der Waals surface area contributed by atoms with Crippen LogP contribution in [0.5, 0.6) is 0 Å². The van der Waals surface area contributed by atoms with E-state index in [9.17, 15) is 0 Å². The van der Waals surface area contributed by atoms with Gasteiger partial charge in [-0.3, -0.25) is 0 Å². The van der Waals surface area contributed by atoms with E-state index < -0.39 is 0 Å². The first-order valence-electron chi connectivity index (χ1n) is 8.03. The van der Waals surface area contributed by atoms with Crippen LogP contribution in [0, 0.1) is 10.8 Å². The fourth-order valence-corrected chi connectivity index (χ4v) is 2.84. The molecule has 4 heteroatoms. The molecule has 0 aromatic carbocycles. The summed E-state index contributed by atoms with van der Waals surface area (Å²) in [5, 5.41) is 11.9. The monoisotopic (exact) mass is 283 g/mol. The van der Waals surface area contributed by atoms with Gasteiger partial charge in [0.1, 0.15) is 5.84 Å². The number of nitrogens with two attached hydrogens (primary N) is 1. The summed E-state index contributed by atoms with van der Waals surface area (Å²) >= 11 is 0. The van der Waals surface area contributed by atoms with Crippen molar-refractivity contribution >= 4 is 5.84 Å². The van der Waals surface area contributed by atoms with Crippen molar-refractivity contribution in [3.63, 3.8) is 0 Å². The Labute approximate surface area is 124 Å². The summed E-state index contributed by atoms with van der Waals surface area (Å²) in [6, 6.07) is 0. The standard InChI is InChI=1S/C16H33N3O/c1-5-16(4)9-12-19(13-10-16)11-7-6-8-15(2,3)14(17)18-20/h20H,5-13H2,1-4H3,(H2,17,18). The van der Waals surface area contributed by atoms with Crippen molar-refractivity contribution in [3.8, 4) is 0 Å². The Kier molecular flexibility index (Phi) is 6.31. The van der Waals surface area contributed by atoms with E-state index in [0.29, 0.717) is 11.3 Å². The van der Waals surface area contributed by atoms with Gasteiger partial charge in [-0.05, 0) is 50.7 Å². The van der Waals surface area contributed by atoms with Gasteiger partial charge in [0.15, 0.2) is 0 Å². The lowest BCUT2D eigenvalue weighted by molar-refractivity contribution is 0.113. The number of likely N-dealkylation sites (tertiary alicyclic amines) is 1. The minimum Gasteiger partial charge on any atom is -0.409 e. The van der Waals surface area contributed by atoms with Crippen molar-refractivity contribution < 1.29 is 5.21 Å². The largest absolute Gasteiger partial charge is 0.409 e. The number of nitrogens with zero attached hydrogens (tertiary/aromatic N) is 2. The highest BCUT2D eigenvalue weighted by atomic mass is 16.4. The molecule has 0 spiro atoms. The van der Waals surface area contributed by atoms with Gasteiger partial charge < -0.3 is 15.8 Å². The first-order chi connectivity index (χ1) is 9.33. The van der Waals surface area contributed by atoms with E-state index in [2.05, 4.69) is 23.9 Å². The SMILES string of the molecule is CCC1(C)CCN(CCCCC(C)(C)C(N)=NO)CC1. The zero-order chi connectivity index (χ0) is 15.2. The number of amidine groups is 1. The number of hydrogen-bond acceptors (Lipinski definition) is 3. The highest BCUT2D eigenvalue weighted by Crippen LogP contribution is 2.34. The van der Waals surface area contributed by atoms with Crippen molar-refractivity contribution in [1.29, 1.82) is 0 Å². The van der Waals surface area contributed by atoms with Crippen molar-refractivity contribution in [1.82, 2.24) is 4.90 Å². The molecule has 1 rings (SSSR count). The Hall–Kier alpha value is -0.770. The summed E-state index contributed by atoms with van der Waals surface area (Å²) in [4.78, 5) is 2.59. The highest BCUT2D eigenvalue weighted by molar-refractivity contribution is 5.85. The quantitative estimate of drug-likeness (QED) is 0.247. The number of hydrogen-bond donors (Lipinski definition) is 2. The molecule has 0 unspecified atom stereocenters. The van der Waals surface area contributed by atoms with E-state index >= 15 is 0 Å². The first-order valence-corrected chi connectivity index (χ1v) is 8.03.